The minimum Gasteiger partial charge on any atom is -0.334 e. The minimum absolute atomic E-state index is 0.0563. The summed E-state index contributed by atoms with van der Waals surface area (Å²) in [6.45, 7) is 1.12. The van der Waals surface area contributed by atoms with Gasteiger partial charge in [-0.15, -0.1) is 0 Å². The molecule has 2 atom stereocenters. The molecule has 2 fully saturated rings. The van der Waals surface area contributed by atoms with Crippen molar-refractivity contribution < 1.29 is 18.0 Å². The van der Waals surface area contributed by atoms with Crippen LogP contribution in [-0.4, -0.2) is 29.4 Å². The van der Waals surface area contributed by atoms with Crippen molar-refractivity contribution >= 4 is 5.91 Å². The number of fused-ring (bicyclic) bond motifs is 1. The van der Waals surface area contributed by atoms with E-state index in [2.05, 4.69) is 5.32 Å². The van der Waals surface area contributed by atoms with E-state index < -0.39 is 11.7 Å². The molecule has 23 heavy (non-hydrogen) atoms. The predicted molar refractivity (Wildman–Crippen MR) is 80.7 cm³/mol. The van der Waals surface area contributed by atoms with E-state index >= 15 is 0 Å². The second kappa shape index (κ2) is 6.51. The first-order valence-corrected chi connectivity index (χ1v) is 8.14. The maximum absolute atomic E-state index is 12.9. The zero-order valence-corrected chi connectivity index (χ0v) is 12.9. The summed E-state index contributed by atoms with van der Waals surface area (Å²) in [5, 5.41) is 3.42. The van der Waals surface area contributed by atoms with E-state index in [0.29, 0.717) is 12.0 Å². The second-order valence-electron chi connectivity index (χ2n) is 6.38. The molecular weight excluding hydrogens is 305 g/mol. The van der Waals surface area contributed by atoms with Crippen molar-refractivity contribution in [2.45, 2.75) is 56.9 Å². The molecule has 0 bridgehead atoms. The molecule has 1 amide bonds. The lowest BCUT2D eigenvalue weighted by molar-refractivity contribution is -0.137. The van der Waals surface area contributed by atoms with Gasteiger partial charge in [0.05, 0.1) is 5.56 Å². The van der Waals surface area contributed by atoms with Crippen molar-refractivity contribution in [3.8, 4) is 0 Å². The van der Waals surface area contributed by atoms with E-state index in [0.717, 1.165) is 44.4 Å². The van der Waals surface area contributed by atoms with Crippen LogP contribution in [0.15, 0.2) is 24.3 Å². The van der Waals surface area contributed by atoms with Crippen molar-refractivity contribution in [2.75, 3.05) is 6.54 Å². The van der Waals surface area contributed by atoms with Gasteiger partial charge in [0, 0.05) is 25.0 Å². The van der Waals surface area contributed by atoms with Crippen molar-refractivity contribution in [3.63, 3.8) is 0 Å². The molecule has 126 valence electrons. The van der Waals surface area contributed by atoms with Crippen LogP contribution in [0.5, 0.6) is 0 Å². The van der Waals surface area contributed by atoms with Crippen LogP contribution in [0.1, 0.15) is 43.2 Å². The molecular formula is C17H21F3N2O. The lowest BCUT2D eigenvalue weighted by Crippen LogP contribution is -2.47. The maximum atomic E-state index is 12.9. The van der Waals surface area contributed by atoms with Gasteiger partial charge < -0.3 is 10.2 Å². The van der Waals surface area contributed by atoms with Crippen LogP contribution >= 0.6 is 0 Å². The summed E-state index contributed by atoms with van der Waals surface area (Å²) >= 11 is 0. The van der Waals surface area contributed by atoms with Gasteiger partial charge >= 0.3 is 6.18 Å². The molecule has 6 heteroatoms. The summed E-state index contributed by atoms with van der Waals surface area (Å²) in [6.07, 6.45) is -0.0948. The van der Waals surface area contributed by atoms with Gasteiger partial charge in [-0.1, -0.05) is 18.6 Å². The molecule has 3 nitrogen and oxygen atoms in total. The standard InChI is InChI=1S/C17H21F3N2O/c18-17(19,20)13-5-3-4-12(10-13)11-22-15-8-9-21-14(15)6-1-2-7-16(22)23/h3-5,10,14-15,21H,1-2,6-9,11H2/t14-,15+/m1/s1. The molecule has 0 spiro atoms. The van der Waals surface area contributed by atoms with E-state index in [4.69, 9.17) is 0 Å². The normalized spacial score (nSPS) is 25.9. The number of likely N-dealkylation sites (tertiary alicyclic amines) is 1. The molecule has 1 N–H and O–H groups in total. The average Bonchev–Trinajstić information content (AvgIpc) is 2.94. The van der Waals surface area contributed by atoms with Crippen LogP contribution in [0.4, 0.5) is 13.2 Å². The molecule has 2 saturated heterocycles. The highest BCUT2D eigenvalue weighted by atomic mass is 19.4. The number of carbonyl (C=O) groups is 1. The maximum Gasteiger partial charge on any atom is 0.416 e. The van der Waals surface area contributed by atoms with Gasteiger partial charge in [0.1, 0.15) is 0 Å². The number of benzene rings is 1. The molecule has 0 radical (unpaired) electrons. The molecule has 1 aromatic carbocycles. The first kappa shape index (κ1) is 16.3. The molecule has 0 aromatic heterocycles. The molecule has 0 saturated carbocycles. The summed E-state index contributed by atoms with van der Waals surface area (Å²) in [7, 11) is 0. The lowest BCUT2D eigenvalue weighted by atomic mass is 9.96. The Labute approximate surface area is 133 Å². The summed E-state index contributed by atoms with van der Waals surface area (Å²) < 4.78 is 38.6. The van der Waals surface area contributed by atoms with E-state index in [-0.39, 0.29) is 24.5 Å². The summed E-state index contributed by atoms with van der Waals surface area (Å²) in [5.41, 5.74) is -0.116. The fraction of sp³-hybridized carbons (Fsp3) is 0.588. The van der Waals surface area contributed by atoms with Crippen LogP contribution in [0, 0.1) is 0 Å². The Bertz CT molecular complexity index is 573. The summed E-state index contributed by atoms with van der Waals surface area (Å²) in [4.78, 5) is 14.3. The Hall–Kier alpha value is -1.56. The highest BCUT2D eigenvalue weighted by Gasteiger charge is 2.36. The molecule has 2 aliphatic rings. The van der Waals surface area contributed by atoms with Gasteiger partial charge in [-0.25, -0.2) is 0 Å². The zero-order valence-electron chi connectivity index (χ0n) is 12.9. The highest BCUT2D eigenvalue weighted by Crippen LogP contribution is 2.31. The Morgan fingerprint density at radius 2 is 2.04 bits per heavy atom. The topological polar surface area (TPSA) is 32.3 Å². The van der Waals surface area contributed by atoms with Gasteiger partial charge in [-0.3, -0.25) is 4.79 Å². The van der Waals surface area contributed by atoms with Crippen LogP contribution in [-0.2, 0) is 17.5 Å². The molecule has 0 aliphatic carbocycles. The zero-order chi connectivity index (χ0) is 16.4. The van der Waals surface area contributed by atoms with E-state index in [1.165, 1.54) is 6.07 Å². The Kier molecular flexibility index (Phi) is 4.62. The number of alkyl halides is 3. The number of nitrogens with one attached hydrogen (secondary N) is 1. The van der Waals surface area contributed by atoms with Gasteiger partial charge in [0.2, 0.25) is 5.91 Å². The third kappa shape index (κ3) is 3.68. The van der Waals surface area contributed by atoms with Gasteiger partial charge in [0.15, 0.2) is 0 Å². The quantitative estimate of drug-likeness (QED) is 0.904. The molecule has 2 aliphatic heterocycles. The van der Waals surface area contributed by atoms with Crippen molar-refractivity contribution in [2.24, 2.45) is 0 Å². The fourth-order valence-electron chi connectivity index (χ4n) is 3.64. The van der Waals surface area contributed by atoms with Gasteiger partial charge in [-0.05, 0) is 43.5 Å². The number of nitrogens with zero attached hydrogens (tertiary/aromatic N) is 1. The number of hydrogen-bond donors (Lipinski definition) is 1. The number of hydrogen-bond acceptors (Lipinski definition) is 2. The lowest BCUT2D eigenvalue weighted by Gasteiger charge is -2.35. The van der Waals surface area contributed by atoms with Gasteiger partial charge in [0.25, 0.3) is 0 Å². The van der Waals surface area contributed by atoms with E-state index in [1.54, 1.807) is 11.0 Å². The fourth-order valence-corrected chi connectivity index (χ4v) is 3.64. The van der Waals surface area contributed by atoms with Crippen LogP contribution in [0.3, 0.4) is 0 Å². The van der Waals surface area contributed by atoms with Crippen molar-refractivity contribution in [3.05, 3.63) is 35.4 Å². The first-order chi connectivity index (χ1) is 10.9. The Morgan fingerprint density at radius 1 is 1.22 bits per heavy atom. The smallest absolute Gasteiger partial charge is 0.334 e. The van der Waals surface area contributed by atoms with Crippen LogP contribution in [0.2, 0.25) is 0 Å². The number of amides is 1. The summed E-state index contributed by atoms with van der Waals surface area (Å²) in [6, 6.07) is 5.67. The predicted octanol–water partition coefficient (Wildman–Crippen LogP) is 3.34. The van der Waals surface area contributed by atoms with Crippen molar-refractivity contribution in [1.82, 2.24) is 10.2 Å². The molecule has 3 rings (SSSR count). The third-order valence-corrected chi connectivity index (χ3v) is 4.79. The first-order valence-electron chi connectivity index (χ1n) is 8.14. The number of halogens is 3. The monoisotopic (exact) mass is 326 g/mol. The highest BCUT2D eigenvalue weighted by molar-refractivity contribution is 5.76. The number of rotatable bonds is 2. The third-order valence-electron chi connectivity index (χ3n) is 4.79. The van der Waals surface area contributed by atoms with E-state index in [1.807, 2.05) is 0 Å². The van der Waals surface area contributed by atoms with Gasteiger partial charge in [-0.2, -0.15) is 13.2 Å². The molecule has 2 heterocycles. The average molecular weight is 326 g/mol. The molecule has 1 aromatic rings. The second-order valence-corrected chi connectivity index (χ2v) is 6.38. The Balaban J connectivity index is 1.82. The number of carbonyl (C=O) groups excluding carboxylic acids is 1. The van der Waals surface area contributed by atoms with Crippen LogP contribution in [0.25, 0.3) is 0 Å². The largest absolute Gasteiger partial charge is 0.416 e. The summed E-state index contributed by atoms with van der Waals surface area (Å²) in [5.74, 6) is 0.0563. The minimum atomic E-state index is -4.35. The van der Waals surface area contributed by atoms with E-state index in [9.17, 15) is 18.0 Å². The Morgan fingerprint density at radius 3 is 2.83 bits per heavy atom. The van der Waals surface area contributed by atoms with Crippen molar-refractivity contribution in [1.29, 1.82) is 0 Å². The molecule has 0 unspecified atom stereocenters. The van der Waals surface area contributed by atoms with Crippen LogP contribution < -0.4 is 5.32 Å². The SMILES string of the molecule is O=C1CCCC[C@H]2NCC[C@@H]2N1Cc1cccc(C(F)(F)F)c1.